The van der Waals surface area contributed by atoms with E-state index in [4.69, 9.17) is 5.26 Å². The molecule has 0 saturated heterocycles. The predicted molar refractivity (Wildman–Crippen MR) is 55.9 cm³/mol. The summed E-state index contributed by atoms with van der Waals surface area (Å²) >= 11 is 0. The topological polar surface area (TPSA) is 53.6 Å². The van der Waals surface area contributed by atoms with Crippen LogP contribution in [0.25, 0.3) is 0 Å². The molecular weight excluding hydrogens is 176 g/mol. The van der Waals surface area contributed by atoms with E-state index in [9.17, 15) is 0 Å². The second-order valence-corrected chi connectivity index (χ2v) is 3.69. The van der Waals surface area contributed by atoms with Gasteiger partial charge in [0.2, 0.25) is 0 Å². The summed E-state index contributed by atoms with van der Waals surface area (Å²) < 4.78 is 1.89. The van der Waals surface area contributed by atoms with E-state index in [0.29, 0.717) is 12.6 Å². The van der Waals surface area contributed by atoms with Crippen molar-refractivity contribution >= 4 is 5.82 Å². The van der Waals surface area contributed by atoms with Crippen LogP contribution in [0.5, 0.6) is 0 Å². The molecule has 0 aliphatic carbocycles. The van der Waals surface area contributed by atoms with E-state index in [2.05, 4.69) is 30.3 Å². The van der Waals surface area contributed by atoms with Gasteiger partial charge in [0.25, 0.3) is 0 Å². The van der Waals surface area contributed by atoms with Gasteiger partial charge < -0.3 is 5.32 Å². The molecule has 1 aromatic heterocycles. The lowest BCUT2D eigenvalue weighted by Gasteiger charge is -2.05. The van der Waals surface area contributed by atoms with Crippen LogP contribution in [0.2, 0.25) is 0 Å². The van der Waals surface area contributed by atoms with Crippen LogP contribution in [0.15, 0.2) is 12.3 Å². The third kappa shape index (κ3) is 2.77. The highest BCUT2D eigenvalue weighted by Gasteiger charge is 2.03. The zero-order chi connectivity index (χ0) is 10.6. The van der Waals surface area contributed by atoms with Crippen molar-refractivity contribution < 1.29 is 0 Å². The normalized spacial score (nSPS) is 12.5. The molecule has 0 aromatic carbocycles. The zero-order valence-corrected chi connectivity index (χ0v) is 8.86. The molecule has 0 saturated carbocycles. The van der Waals surface area contributed by atoms with Gasteiger partial charge in [-0.2, -0.15) is 10.4 Å². The number of nitriles is 1. The van der Waals surface area contributed by atoms with Gasteiger partial charge in [0.05, 0.1) is 12.0 Å². The molecule has 4 heteroatoms. The van der Waals surface area contributed by atoms with Gasteiger partial charge >= 0.3 is 0 Å². The van der Waals surface area contributed by atoms with Crippen molar-refractivity contribution in [3.8, 4) is 6.07 Å². The van der Waals surface area contributed by atoms with Gasteiger partial charge in [-0.3, -0.25) is 4.68 Å². The molecule has 1 atom stereocenters. The van der Waals surface area contributed by atoms with Gasteiger partial charge in [-0.25, -0.2) is 0 Å². The van der Waals surface area contributed by atoms with Crippen LogP contribution in [0, 0.1) is 17.2 Å². The van der Waals surface area contributed by atoms with Crippen LogP contribution in [-0.2, 0) is 0 Å². The molecule has 4 nitrogen and oxygen atoms in total. The van der Waals surface area contributed by atoms with E-state index in [0.717, 1.165) is 5.82 Å². The fourth-order valence-electron chi connectivity index (χ4n) is 1.02. The van der Waals surface area contributed by atoms with Gasteiger partial charge in [0, 0.05) is 24.8 Å². The molecule has 14 heavy (non-hydrogen) atoms. The Hall–Kier alpha value is -1.50. The van der Waals surface area contributed by atoms with E-state index in [1.807, 2.05) is 23.9 Å². The SMILES string of the molecule is CC(C#N)CNc1ccn(C(C)C)n1. The molecule has 0 aliphatic heterocycles. The molecule has 0 aliphatic rings. The molecule has 1 heterocycles. The maximum absolute atomic E-state index is 8.59. The fourth-order valence-corrected chi connectivity index (χ4v) is 1.02. The summed E-state index contributed by atoms with van der Waals surface area (Å²) in [7, 11) is 0. The summed E-state index contributed by atoms with van der Waals surface area (Å²) in [6.45, 7) is 6.68. The molecule has 0 fully saturated rings. The molecule has 0 amide bonds. The van der Waals surface area contributed by atoms with Crippen molar-refractivity contribution in [1.29, 1.82) is 5.26 Å². The van der Waals surface area contributed by atoms with Crippen molar-refractivity contribution in [2.45, 2.75) is 26.8 Å². The van der Waals surface area contributed by atoms with E-state index in [1.54, 1.807) is 0 Å². The van der Waals surface area contributed by atoms with Crippen LogP contribution >= 0.6 is 0 Å². The van der Waals surface area contributed by atoms with Gasteiger partial charge in [-0.15, -0.1) is 0 Å². The number of nitrogens with zero attached hydrogens (tertiary/aromatic N) is 3. The summed E-state index contributed by atoms with van der Waals surface area (Å²) in [5.41, 5.74) is 0. The second-order valence-electron chi connectivity index (χ2n) is 3.69. The summed E-state index contributed by atoms with van der Waals surface area (Å²) in [4.78, 5) is 0. The highest BCUT2D eigenvalue weighted by atomic mass is 15.3. The summed E-state index contributed by atoms with van der Waals surface area (Å²) in [6.07, 6.45) is 1.93. The Bertz CT molecular complexity index is 321. The van der Waals surface area contributed by atoms with Crippen LogP contribution in [0.3, 0.4) is 0 Å². The lowest BCUT2D eigenvalue weighted by molar-refractivity contribution is 0.533. The van der Waals surface area contributed by atoms with Gasteiger partial charge in [-0.05, 0) is 20.8 Å². The Morgan fingerprint density at radius 3 is 2.79 bits per heavy atom. The maximum atomic E-state index is 8.59. The van der Waals surface area contributed by atoms with Gasteiger partial charge in [0.15, 0.2) is 0 Å². The molecule has 1 unspecified atom stereocenters. The number of anilines is 1. The molecule has 1 aromatic rings. The van der Waals surface area contributed by atoms with Gasteiger partial charge in [0.1, 0.15) is 5.82 Å². The zero-order valence-electron chi connectivity index (χ0n) is 8.86. The van der Waals surface area contributed by atoms with E-state index < -0.39 is 0 Å². The lowest BCUT2D eigenvalue weighted by Crippen LogP contribution is -2.10. The highest BCUT2D eigenvalue weighted by molar-refractivity contribution is 5.32. The van der Waals surface area contributed by atoms with Crippen molar-refractivity contribution in [3.63, 3.8) is 0 Å². The number of hydrogen-bond donors (Lipinski definition) is 1. The first-order valence-electron chi connectivity index (χ1n) is 4.82. The van der Waals surface area contributed by atoms with Crippen molar-refractivity contribution in [2.75, 3.05) is 11.9 Å². The number of rotatable bonds is 4. The Kier molecular flexibility index (Phi) is 3.52. The summed E-state index contributed by atoms with van der Waals surface area (Å²) in [5, 5.41) is 16.0. The third-order valence-corrected chi connectivity index (χ3v) is 1.95. The standard InChI is InChI=1S/C10H16N4/c1-8(2)14-5-4-10(13-14)12-7-9(3)6-11/h4-5,8-9H,7H2,1-3H3,(H,12,13). The minimum atomic E-state index is 0.0131. The van der Waals surface area contributed by atoms with Crippen molar-refractivity contribution in [2.24, 2.45) is 5.92 Å². The smallest absolute Gasteiger partial charge is 0.148 e. The quantitative estimate of drug-likeness (QED) is 0.794. The molecule has 1 rings (SSSR count). The Morgan fingerprint density at radius 2 is 2.29 bits per heavy atom. The average Bonchev–Trinajstić information content (AvgIpc) is 2.62. The highest BCUT2D eigenvalue weighted by Crippen LogP contribution is 2.08. The molecular formula is C10H16N4. The summed E-state index contributed by atoms with van der Waals surface area (Å²) in [6, 6.07) is 4.46. The Labute approximate surface area is 84.5 Å². The largest absolute Gasteiger partial charge is 0.367 e. The first-order chi connectivity index (χ1) is 6.63. The molecule has 0 spiro atoms. The Balaban J connectivity index is 2.49. The second kappa shape index (κ2) is 4.66. The first-order valence-corrected chi connectivity index (χ1v) is 4.82. The Morgan fingerprint density at radius 1 is 1.57 bits per heavy atom. The van der Waals surface area contributed by atoms with Crippen LogP contribution in [0.4, 0.5) is 5.82 Å². The van der Waals surface area contributed by atoms with Gasteiger partial charge in [-0.1, -0.05) is 0 Å². The maximum Gasteiger partial charge on any atom is 0.148 e. The third-order valence-electron chi connectivity index (χ3n) is 1.95. The number of aromatic nitrogens is 2. The first kappa shape index (κ1) is 10.6. The number of hydrogen-bond acceptors (Lipinski definition) is 3. The minimum Gasteiger partial charge on any atom is -0.367 e. The minimum absolute atomic E-state index is 0.0131. The van der Waals surface area contributed by atoms with E-state index in [1.165, 1.54) is 0 Å². The van der Waals surface area contributed by atoms with Crippen molar-refractivity contribution in [3.05, 3.63) is 12.3 Å². The van der Waals surface area contributed by atoms with Crippen LogP contribution in [0.1, 0.15) is 26.8 Å². The summed E-state index contributed by atoms with van der Waals surface area (Å²) in [5.74, 6) is 0.847. The van der Waals surface area contributed by atoms with E-state index >= 15 is 0 Å². The number of nitrogens with one attached hydrogen (secondary N) is 1. The average molecular weight is 192 g/mol. The molecule has 0 bridgehead atoms. The van der Waals surface area contributed by atoms with E-state index in [-0.39, 0.29) is 5.92 Å². The van der Waals surface area contributed by atoms with Crippen LogP contribution in [-0.4, -0.2) is 16.3 Å². The fraction of sp³-hybridized carbons (Fsp3) is 0.600. The lowest BCUT2D eigenvalue weighted by atomic mass is 10.2. The monoisotopic (exact) mass is 192 g/mol. The molecule has 1 N–H and O–H groups in total. The van der Waals surface area contributed by atoms with Crippen LogP contribution < -0.4 is 5.32 Å². The predicted octanol–water partition coefficient (Wildman–Crippen LogP) is 2.04. The van der Waals surface area contributed by atoms with Crippen molar-refractivity contribution in [1.82, 2.24) is 9.78 Å². The molecule has 76 valence electrons. The molecule has 0 radical (unpaired) electrons.